The molecule has 1 N–H and O–H groups in total. The van der Waals surface area contributed by atoms with Crippen LogP contribution in [0.5, 0.6) is 0 Å². The Kier molecular flexibility index (Phi) is 13.9. The quantitative estimate of drug-likeness (QED) is 0.316. The molecule has 0 unspecified atom stereocenters. The third kappa shape index (κ3) is 12.5. The molecule has 0 aliphatic heterocycles. The first-order valence-electron chi connectivity index (χ1n) is 7.60. The van der Waals surface area contributed by atoms with E-state index in [2.05, 4.69) is 6.92 Å². The Morgan fingerprint density at radius 1 is 1.05 bits per heavy atom. The summed E-state index contributed by atoms with van der Waals surface area (Å²) in [4.78, 5) is 11.4. The van der Waals surface area contributed by atoms with Crippen molar-refractivity contribution in [2.24, 2.45) is 0 Å². The van der Waals surface area contributed by atoms with Crippen LogP contribution >= 0.6 is 11.6 Å². The van der Waals surface area contributed by atoms with Crippen molar-refractivity contribution < 1.29 is 14.6 Å². The Morgan fingerprint density at radius 2 is 1.58 bits per heavy atom. The van der Waals surface area contributed by atoms with E-state index in [1.807, 2.05) is 0 Å². The zero-order chi connectivity index (χ0) is 14.3. The number of carbonyl (C=O) groups excluding carboxylic acids is 1. The number of hydrogen-bond donors (Lipinski definition) is 1. The van der Waals surface area contributed by atoms with Gasteiger partial charge in [0.1, 0.15) is 6.10 Å². The molecule has 0 rings (SSSR count). The molecule has 3 nitrogen and oxygen atoms in total. The van der Waals surface area contributed by atoms with Gasteiger partial charge in [0.25, 0.3) is 0 Å². The molecule has 0 fully saturated rings. The second-order valence-corrected chi connectivity index (χ2v) is 5.34. The van der Waals surface area contributed by atoms with Crippen LogP contribution in [0.2, 0.25) is 0 Å². The first-order chi connectivity index (χ1) is 9.24. The summed E-state index contributed by atoms with van der Waals surface area (Å²) in [6.45, 7) is 2.03. The summed E-state index contributed by atoms with van der Waals surface area (Å²) in [6.07, 6.45) is 10.9. The number of ether oxygens (including phenoxy) is 1. The minimum absolute atomic E-state index is 0.153. The highest BCUT2D eigenvalue weighted by Gasteiger charge is 2.11. The minimum atomic E-state index is -0.548. The number of rotatable bonds is 13. The maximum Gasteiger partial charge on any atom is 0.306 e. The van der Waals surface area contributed by atoms with Crippen LogP contribution in [0.25, 0.3) is 0 Å². The third-order valence-electron chi connectivity index (χ3n) is 3.16. The van der Waals surface area contributed by atoms with Crippen molar-refractivity contribution in [1.82, 2.24) is 0 Å². The van der Waals surface area contributed by atoms with Crippen LogP contribution in [0.15, 0.2) is 0 Å². The molecule has 0 aromatic heterocycles. The van der Waals surface area contributed by atoms with Gasteiger partial charge in [0.15, 0.2) is 0 Å². The summed E-state index contributed by atoms with van der Waals surface area (Å²) in [7, 11) is 0. The Morgan fingerprint density at radius 3 is 2.05 bits per heavy atom. The number of hydrogen-bond acceptors (Lipinski definition) is 3. The zero-order valence-corrected chi connectivity index (χ0v) is 13.0. The van der Waals surface area contributed by atoms with Crippen molar-refractivity contribution in [3.63, 3.8) is 0 Å². The average Bonchev–Trinajstić information content (AvgIpc) is 2.43. The van der Waals surface area contributed by atoms with Gasteiger partial charge < -0.3 is 9.84 Å². The van der Waals surface area contributed by atoms with E-state index in [1.54, 1.807) is 0 Å². The fraction of sp³-hybridized carbons (Fsp3) is 0.933. The molecule has 4 heteroatoms. The lowest BCUT2D eigenvalue weighted by Crippen LogP contribution is -2.23. The molecule has 0 radical (unpaired) electrons. The Bertz CT molecular complexity index is 206. The first-order valence-corrected chi connectivity index (χ1v) is 8.14. The van der Waals surface area contributed by atoms with Gasteiger partial charge in [-0.25, -0.2) is 0 Å². The number of esters is 1. The molecule has 0 saturated carbocycles. The molecule has 0 aromatic carbocycles. The number of alkyl halides is 1. The van der Waals surface area contributed by atoms with Crippen LogP contribution < -0.4 is 0 Å². The normalized spacial score (nSPS) is 12.4. The molecule has 114 valence electrons. The summed E-state index contributed by atoms with van der Waals surface area (Å²) in [5, 5.41) is 8.84. The van der Waals surface area contributed by atoms with Crippen LogP contribution in [0.3, 0.4) is 0 Å². The van der Waals surface area contributed by atoms with Crippen LogP contribution in [0.4, 0.5) is 0 Å². The van der Waals surface area contributed by atoms with Gasteiger partial charge in [-0.3, -0.25) is 4.79 Å². The van der Waals surface area contributed by atoms with Gasteiger partial charge in [0, 0.05) is 6.42 Å². The van der Waals surface area contributed by atoms with Gasteiger partial charge in [0.05, 0.1) is 12.5 Å². The molecule has 0 aliphatic rings. The van der Waals surface area contributed by atoms with Gasteiger partial charge in [-0.05, 0) is 6.42 Å². The Hall–Kier alpha value is -0.280. The van der Waals surface area contributed by atoms with E-state index in [4.69, 9.17) is 21.4 Å². The molecule has 19 heavy (non-hydrogen) atoms. The SMILES string of the molecule is CCCCCCCCCCCC(=O)O[C@H](CO)CCl. The van der Waals surface area contributed by atoms with Crippen molar-refractivity contribution in [2.75, 3.05) is 12.5 Å². The van der Waals surface area contributed by atoms with Crippen LogP contribution in [-0.4, -0.2) is 29.7 Å². The monoisotopic (exact) mass is 292 g/mol. The standard InChI is InChI=1S/C15H29ClO3/c1-2-3-4-5-6-7-8-9-10-11-15(18)19-14(12-16)13-17/h14,17H,2-13H2,1H3/t14-/m0/s1. The molecule has 0 aliphatic carbocycles. The zero-order valence-electron chi connectivity index (χ0n) is 12.2. The van der Waals surface area contributed by atoms with E-state index in [0.29, 0.717) is 6.42 Å². The second-order valence-electron chi connectivity index (χ2n) is 5.03. The summed E-state index contributed by atoms with van der Waals surface area (Å²) in [5.41, 5.74) is 0. The van der Waals surface area contributed by atoms with Gasteiger partial charge in [-0.1, -0.05) is 58.3 Å². The van der Waals surface area contributed by atoms with Gasteiger partial charge >= 0.3 is 5.97 Å². The predicted molar refractivity (Wildman–Crippen MR) is 79.5 cm³/mol. The van der Waals surface area contributed by atoms with Crippen molar-refractivity contribution in [3.05, 3.63) is 0 Å². The second kappa shape index (κ2) is 14.1. The van der Waals surface area contributed by atoms with Crippen molar-refractivity contribution in [2.45, 2.75) is 77.2 Å². The van der Waals surface area contributed by atoms with E-state index in [-0.39, 0.29) is 18.5 Å². The van der Waals surface area contributed by atoms with E-state index in [9.17, 15) is 4.79 Å². The lowest BCUT2D eigenvalue weighted by Gasteiger charge is -2.12. The molecular weight excluding hydrogens is 264 g/mol. The molecular formula is C15H29ClO3. The van der Waals surface area contributed by atoms with Crippen molar-refractivity contribution in [3.8, 4) is 0 Å². The predicted octanol–water partition coefficient (Wildman–Crippen LogP) is 4.05. The highest BCUT2D eigenvalue weighted by molar-refractivity contribution is 6.18. The molecule has 1 atom stereocenters. The minimum Gasteiger partial charge on any atom is -0.459 e. The highest BCUT2D eigenvalue weighted by atomic mass is 35.5. The number of halogens is 1. The van der Waals surface area contributed by atoms with E-state index in [0.717, 1.165) is 12.8 Å². The molecule has 0 bridgehead atoms. The summed E-state index contributed by atoms with van der Waals surface area (Å²) >= 11 is 5.53. The van der Waals surface area contributed by atoms with Gasteiger partial charge in [0.2, 0.25) is 0 Å². The third-order valence-corrected chi connectivity index (χ3v) is 3.50. The lowest BCUT2D eigenvalue weighted by atomic mass is 10.1. The van der Waals surface area contributed by atoms with Gasteiger partial charge in [-0.2, -0.15) is 0 Å². The molecule has 0 heterocycles. The van der Waals surface area contributed by atoms with Crippen molar-refractivity contribution >= 4 is 17.6 Å². The smallest absolute Gasteiger partial charge is 0.306 e. The summed E-state index contributed by atoms with van der Waals surface area (Å²) in [5.74, 6) is -0.0948. The van der Waals surface area contributed by atoms with Gasteiger partial charge in [-0.15, -0.1) is 11.6 Å². The van der Waals surface area contributed by atoms with E-state index >= 15 is 0 Å². The maximum absolute atomic E-state index is 11.4. The number of aliphatic hydroxyl groups excluding tert-OH is 1. The van der Waals surface area contributed by atoms with Crippen LogP contribution in [0.1, 0.15) is 71.1 Å². The van der Waals surface area contributed by atoms with E-state index in [1.165, 1.54) is 44.9 Å². The molecule has 0 aromatic rings. The number of unbranched alkanes of at least 4 members (excludes halogenated alkanes) is 8. The Labute approximate surface area is 122 Å². The van der Waals surface area contributed by atoms with E-state index < -0.39 is 6.10 Å². The fourth-order valence-corrected chi connectivity index (χ4v) is 2.10. The topological polar surface area (TPSA) is 46.5 Å². The maximum atomic E-state index is 11.4. The lowest BCUT2D eigenvalue weighted by molar-refractivity contribution is -0.149. The number of carbonyl (C=O) groups is 1. The molecule has 0 saturated heterocycles. The largest absolute Gasteiger partial charge is 0.459 e. The Balaban J connectivity index is 3.27. The molecule has 0 spiro atoms. The molecule has 0 amide bonds. The first kappa shape index (κ1) is 18.7. The highest BCUT2D eigenvalue weighted by Crippen LogP contribution is 2.11. The van der Waals surface area contributed by atoms with Crippen LogP contribution in [-0.2, 0) is 9.53 Å². The summed E-state index contributed by atoms with van der Waals surface area (Å²) in [6, 6.07) is 0. The number of aliphatic hydroxyl groups is 1. The average molecular weight is 293 g/mol. The van der Waals surface area contributed by atoms with Crippen LogP contribution in [0, 0.1) is 0 Å². The van der Waals surface area contributed by atoms with Crippen molar-refractivity contribution in [1.29, 1.82) is 0 Å². The summed E-state index contributed by atoms with van der Waals surface area (Å²) < 4.78 is 5.00. The fourth-order valence-electron chi connectivity index (χ4n) is 1.94.